The maximum absolute atomic E-state index is 12.0. The van der Waals surface area contributed by atoms with Crippen LogP contribution < -0.4 is 29.6 Å². The summed E-state index contributed by atoms with van der Waals surface area (Å²) < 4.78 is 35.4. The second kappa shape index (κ2) is 10.3. The van der Waals surface area contributed by atoms with Crippen molar-refractivity contribution in [1.29, 1.82) is 0 Å². The minimum absolute atomic E-state index is 0. The van der Waals surface area contributed by atoms with Crippen LogP contribution >= 0.6 is 63.7 Å². The third kappa shape index (κ3) is 5.47. The standard InChI is InChI=1S/C19H10Br4O5S.Na/c20-12-5-9(6-13(21)18(12)24)17(10-7-14(22)19(25)15(23)8-10)11-3-1-2-4-16(11)29(26,27)28;/h1-8,24H,(H,26,27,28);/q;+1/p+1. The molecule has 0 spiro atoms. The Morgan fingerprint density at radius 1 is 0.933 bits per heavy atom. The minimum atomic E-state index is -4.52. The van der Waals surface area contributed by atoms with E-state index < -0.39 is 10.1 Å². The van der Waals surface area contributed by atoms with Crippen LogP contribution in [-0.4, -0.2) is 28.7 Å². The number of allylic oxidation sites excluding steroid dienone is 5. The van der Waals surface area contributed by atoms with Crippen molar-refractivity contribution in [3.8, 4) is 5.75 Å². The molecule has 150 valence electrons. The van der Waals surface area contributed by atoms with Gasteiger partial charge in [0.1, 0.15) is 19.6 Å². The smallest absolute Gasteiger partial charge is 0.506 e. The van der Waals surface area contributed by atoms with Gasteiger partial charge in [0, 0.05) is 5.56 Å². The molecule has 30 heavy (non-hydrogen) atoms. The van der Waals surface area contributed by atoms with E-state index in [0.29, 0.717) is 34.6 Å². The first-order valence-corrected chi connectivity index (χ1v) is 12.4. The zero-order valence-corrected chi connectivity index (χ0v) is 24.4. The quantitative estimate of drug-likeness (QED) is 0.294. The van der Waals surface area contributed by atoms with Crippen LogP contribution in [0.25, 0.3) is 5.57 Å². The molecule has 0 aliphatic heterocycles. The molecule has 0 saturated carbocycles. The fraction of sp³-hybridized carbons (Fsp3) is 0. The molecule has 0 heterocycles. The molecule has 2 aromatic rings. The van der Waals surface area contributed by atoms with Crippen molar-refractivity contribution in [1.82, 2.24) is 0 Å². The van der Waals surface area contributed by atoms with Crippen LogP contribution in [0.4, 0.5) is 0 Å². The number of phenolic OH excluding ortho intramolecular Hbond substituents is 1. The Balaban J connectivity index is 0.00000320. The number of hydrogen-bond donors (Lipinski definition) is 2. The van der Waals surface area contributed by atoms with E-state index >= 15 is 0 Å². The number of carbonyl (C=O) groups excluding carboxylic acids is 1. The maximum atomic E-state index is 12.0. The molecular formula is C19H11Br4NaO5S+2. The van der Waals surface area contributed by atoms with Gasteiger partial charge in [-0.3, -0.25) is 9.35 Å². The Morgan fingerprint density at radius 2 is 1.43 bits per heavy atom. The molecule has 0 amide bonds. The molecule has 0 atom stereocenters. The van der Waals surface area contributed by atoms with Gasteiger partial charge in [0.05, 0.1) is 8.95 Å². The molecule has 5 nitrogen and oxygen atoms in total. The van der Waals surface area contributed by atoms with Crippen molar-refractivity contribution >= 4 is 85.2 Å². The van der Waals surface area contributed by atoms with E-state index in [0.717, 1.165) is 0 Å². The van der Waals surface area contributed by atoms with Gasteiger partial charge in [0.15, 0.2) is 0 Å². The summed E-state index contributed by atoms with van der Waals surface area (Å²) >= 11 is 13.2. The predicted octanol–water partition coefficient (Wildman–Crippen LogP) is 3.09. The molecule has 0 bridgehead atoms. The third-order valence-corrected chi connectivity index (χ3v) is 7.38. The molecule has 0 fully saturated rings. The van der Waals surface area contributed by atoms with Gasteiger partial charge >= 0.3 is 35.3 Å². The van der Waals surface area contributed by atoms with Crippen LogP contribution in [0.15, 0.2) is 76.9 Å². The first-order chi connectivity index (χ1) is 13.5. The molecule has 11 heteroatoms. The number of hydrogen-bond acceptors (Lipinski definition) is 3. The Hall–Kier alpha value is -0.0400. The number of halogens is 4. The van der Waals surface area contributed by atoms with E-state index in [1.54, 1.807) is 36.4 Å². The van der Waals surface area contributed by atoms with Gasteiger partial charge in [-0.2, -0.15) is 8.42 Å². The number of rotatable bonds is 3. The monoisotopic (exact) mass is 690 g/mol. The van der Waals surface area contributed by atoms with E-state index in [2.05, 4.69) is 63.7 Å². The first-order valence-electron chi connectivity index (χ1n) is 7.81. The predicted molar refractivity (Wildman–Crippen MR) is 127 cm³/mol. The van der Waals surface area contributed by atoms with Gasteiger partial charge in [-0.25, -0.2) is 0 Å². The van der Waals surface area contributed by atoms with Crippen molar-refractivity contribution in [3.63, 3.8) is 0 Å². The van der Waals surface area contributed by atoms with Crippen LogP contribution in [0.3, 0.4) is 0 Å². The molecule has 1 aliphatic rings. The largest absolute Gasteiger partial charge is 1.00 e. The average Bonchev–Trinajstić information content (AvgIpc) is 2.64. The maximum Gasteiger partial charge on any atom is 1.00 e. The summed E-state index contributed by atoms with van der Waals surface area (Å²) in [6, 6.07) is 9.30. The van der Waals surface area contributed by atoms with Crippen LogP contribution in [0.1, 0.15) is 11.1 Å². The van der Waals surface area contributed by atoms with Crippen LogP contribution in [0, 0.1) is 0 Å². The van der Waals surface area contributed by atoms with Gasteiger partial charge < -0.3 is 5.11 Å². The summed E-state index contributed by atoms with van der Waals surface area (Å²) in [7, 11) is -4.52. The topological polar surface area (TPSA) is 96.0 Å². The van der Waals surface area contributed by atoms with Crippen molar-refractivity contribution in [2.24, 2.45) is 0 Å². The Morgan fingerprint density at radius 3 is 1.93 bits per heavy atom. The van der Waals surface area contributed by atoms with E-state index in [1.807, 2.05) is 0 Å². The van der Waals surface area contributed by atoms with Gasteiger partial charge in [-0.1, -0.05) is 18.2 Å². The van der Waals surface area contributed by atoms with Crippen LogP contribution in [0.2, 0.25) is 0 Å². The first kappa shape index (κ1) is 26.2. The second-order valence-corrected chi connectivity index (χ2v) is 10.7. The number of aromatic hydroxyl groups is 1. The Bertz CT molecular complexity index is 1200. The van der Waals surface area contributed by atoms with Crippen molar-refractivity contribution in [3.05, 3.63) is 83.2 Å². The molecule has 0 radical (unpaired) electrons. The minimum Gasteiger partial charge on any atom is -0.506 e. The van der Waals surface area contributed by atoms with E-state index in [-0.39, 0.29) is 51.5 Å². The molecule has 3 N–H and O–H groups in total. The van der Waals surface area contributed by atoms with Gasteiger partial charge in [0.2, 0.25) is 0 Å². The van der Waals surface area contributed by atoms with E-state index in [9.17, 15) is 22.9 Å². The molecule has 3 rings (SSSR count). The number of phenols is 1. The van der Waals surface area contributed by atoms with Crippen molar-refractivity contribution in [2.75, 3.05) is 0 Å². The zero-order chi connectivity index (χ0) is 21.5. The third-order valence-electron chi connectivity index (χ3n) is 4.05. The van der Waals surface area contributed by atoms with E-state index in [1.165, 1.54) is 12.1 Å². The Kier molecular flexibility index (Phi) is 8.97. The van der Waals surface area contributed by atoms with Crippen molar-refractivity contribution in [2.45, 2.75) is 4.90 Å². The van der Waals surface area contributed by atoms with Crippen LogP contribution in [0.5, 0.6) is 5.75 Å². The van der Waals surface area contributed by atoms with Crippen molar-refractivity contribution < 1.29 is 52.4 Å². The Labute approximate surface area is 228 Å². The number of ketones is 1. The van der Waals surface area contributed by atoms with E-state index in [4.69, 9.17) is 0 Å². The molecule has 0 saturated heterocycles. The second-order valence-electron chi connectivity index (χ2n) is 5.92. The molecule has 2 aromatic carbocycles. The molecule has 0 unspecified atom stereocenters. The normalized spacial score (nSPS) is 14.0. The molecule has 1 aliphatic carbocycles. The summed E-state index contributed by atoms with van der Waals surface area (Å²) in [6.45, 7) is 0. The molecule has 0 aromatic heterocycles. The SMILES string of the molecule is O=S(=O)(O)c1ccccc1C(=C1C=C(Br)C(=[OH+])C(Br)=C1)c1cc(Br)c(O)c(Br)c1.[Na+]. The molecular weight excluding hydrogens is 683 g/mol. The number of benzene rings is 2. The summed E-state index contributed by atoms with van der Waals surface area (Å²) in [5.41, 5.74) is 1.83. The summed E-state index contributed by atoms with van der Waals surface area (Å²) in [6.07, 6.45) is 3.26. The fourth-order valence-electron chi connectivity index (χ4n) is 2.80. The van der Waals surface area contributed by atoms with Gasteiger partial charge in [-0.15, -0.1) is 0 Å². The van der Waals surface area contributed by atoms with Gasteiger partial charge in [0.25, 0.3) is 10.1 Å². The van der Waals surface area contributed by atoms with Crippen LogP contribution in [-0.2, 0) is 10.1 Å². The zero-order valence-electron chi connectivity index (χ0n) is 15.2. The summed E-state index contributed by atoms with van der Waals surface area (Å²) in [4.78, 5) is 9.81. The summed E-state index contributed by atoms with van der Waals surface area (Å²) in [5, 5.41) is 10.1. The van der Waals surface area contributed by atoms with Gasteiger partial charge in [-0.05, 0) is 111 Å². The average molecular weight is 694 g/mol. The fourth-order valence-corrected chi connectivity index (χ4v) is 5.87. The summed E-state index contributed by atoms with van der Waals surface area (Å²) in [5.74, 6) is -0.0199.